The molecule has 2 N–H and O–H groups in total. The molecule has 0 unspecified atom stereocenters. The lowest BCUT2D eigenvalue weighted by Gasteiger charge is -2.06. The summed E-state index contributed by atoms with van der Waals surface area (Å²) in [7, 11) is 1.58. The van der Waals surface area contributed by atoms with Crippen molar-refractivity contribution in [3.63, 3.8) is 0 Å². The Morgan fingerprint density at radius 3 is 2.50 bits per heavy atom. The van der Waals surface area contributed by atoms with Gasteiger partial charge in [0.25, 0.3) is 0 Å². The van der Waals surface area contributed by atoms with Gasteiger partial charge in [0.2, 0.25) is 0 Å². The third kappa shape index (κ3) is 2.35. The zero-order chi connectivity index (χ0) is 13.1. The van der Waals surface area contributed by atoms with Crippen molar-refractivity contribution in [3.8, 4) is 5.75 Å². The molecule has 0 aromatic heterocycles. The standard InChI is InChI=1S/C15H15NO2/c1-10-6-7-12(9-14(10)16)15(17)11-4-3-5-13(8-11)18-2/h3-9H,16H2,1-2H3. The third-order valence-corrected chi connectivity index (χ3v) is 2.87. The maximum atomic E-state index is 12.3. The number of carbonyl (C=O) groups excluding carboxylic acids is 1. The Labute approximate surface area is 106 Å². The largest absolute Gasteiger partial charge is 0.497 e. The lowest BCUT2D eigenvalue weighted by molar-refractivity contribution is 0.103. The number of carbonyl (C=O) groups is 1. The first-order chi connectivity index (χ1) is 8.61. The quantitative estimate of drug-likeness (QED) is 0.664. The number of rotatable bonds is 3. The van der Waals surface area contributed by atoms with Crippen LogP contribution in [0.25, 0.3) is 0 Å². The summed E-state index contributed by atoms with van der Waals surface area (Å²) < 4.78 is 5.11. The van der Waals surface area contributed by atoms with E-state index in [4.69, 9.17) is 10.5 Å². The first-order valence-corrected chi connectivity index (χ1v) is 5.66. The molecule has 2 rings (SSSR count). The van der Waals surface area contributed by atoms with Crippen LogP contribution in [0, 0.1) is 6.92 Å². The van der Waals surface area contributed by atoms with Crippen LogP contribution in [0.15, 0.2) is 42.5 Å². The average Bonchev–Trinajstić information content (AvgIpc) is 2.41. The molecule has 0 radical (unpaired) electrons. The molecule has 0 aliphatic rings. The van der Waals surface area contributed by atoms with Crippen LogP contribution in [0.5, 0.6) is 5.75 Å². The summed E-state index contributed by atoms with van der Waals surface area (Å²) in [5.41, 5.74) is 8.60. The summed E-state index contributed by atoms with van der Waals surface area (Å²) in [6, 6.07) is 12.4. The second kappa shape index (κ2) is 4.92. The van der Waals surface area contributed by atoms with E-state index in [1.807, 2.05) is 13.0 Å². The molecule has 92 valence electrons. The Morgan fingerprint density at radius 2 is 1.83 bits per heavy atom. The minimum absolute atomic E-state index is 0.0550. The summed E-state index contributed by atoms with van der Waals surface area (Å²) in [4.78, 5) is 12.3. The van der Waals surface area contributed by atoms with Gasteiger partial charge in [0.1, 0.15) is 5.75 Å². The van der Waals surface area contributed by atoms with Gasteiger partial charge in [-0.1, -0.05) is 24.3 Å². The topological polar surface area (TPSA) is 52.3 Å². The fourth-order valence-electron chi connectivity index (χ4n) is 1.71. The highest BCUT2D eigenvalue weighted by molar-refractivity contribution is 6.09. The zero-order valence-electron chi connectivity index (χ0n) is 10.4. The smallest absolute Gasteiger partial charge is 0.193 e. The molecule has 3 heteroatoms. The van der Waals surface area contributed by atoms with Crippen molar-refractivity contribution in [1.29, 1.82) is 0 Å². The van der Waals surface area contributed by atoms with E-state index in [9.17, 15) is 4.79 Å². The van der Waals surface area contributed by atoms with E-state index >= 15 is 0 Å². The normalized spacial score (nSPS) is 10.1. The molecular formula is C15H15NO2. The first kappa shape index (κ1) is 12.2. The van der Waals surface area contributed by atoms with Crippen molar-refractivity contribution in [2.24, 2.45) is 0 Å². The van der Waals surface area contributed by atoms with Crippen LogP contribution in [-0.2, 0) is 0 Å². The number of nitrogen functional groups attached to an aromatic ring is 1. The number of hydrogen-bond donors (Lipinski definition) is 1. The number of hydrogen-bond acceptors (Lipinski definition) is 3. The molecule has 0 aliphatic heterocycles. The molecule has 0 spiro atoms. The first-order valence-electron chi connectivity index (χ1n) is 5.66. The molecule has 0 bridgehead atoms. The zero-order valence-corrected chi connectivity index (χ0v) is 10.4. The number of methoxy groups -OCH3 is 1. The van der Waals surface area contributed by atoms with Gasteiger partial charge in [0, 0.05) is 16.8 Å². The van der Waals surface area contributed by atoms with E-state index in [1.165, 1.54) is 0 Å². The lowest BCUT2D eigenvalue weighted by Crippen LogP contribution is -2.03. The number of ketones is 1. The molecule has 0 saturated carbocycles. The minimum atomic E-state index is -0.0550. The fraction of sp³-hybridized carbons (Fsp3) is 0.133. The Morgan fingerprint density at radius 1 is 1.11 bits per heavy atom. The Bertz CT molecular complexity index is 591. The monoisotopic (exact) mass is 241 g/mol. The molecule has 0 fully saturated rings. The molecular weight excluding hydrogens is 226 g/mol. The van der Waals surface area contributed by atoms with Crippen LogP contribution in [0.2, 0.25) is 0 Å². The highest BCUT2D eigenvalue weighted by atomic mass is 16.5. The number of benzene rings is 2. The maximum Gasteiger partial charge on any atom is 0.193 e. The minimum Gasteiger partial charge on any atom is -0.497 e. The SMILES string of the molecule is COc1cccc(C(=O)c2ccc(C)c(N)c2)c1. The van der Waals surface area contributed by atoms with Crippen molar-refractivity contribution in [2.45, 2.75) is 6.92 Å². The van der Waals surface area contributed by atoms with E-state index in [0.717, 1.165) is 5.56 Å². The number of anilines is 1. The molecule has 0 heterocycles. The van der Waals surface area contributed by atoms with E-state index in [2.05, 4.69) is 0 Å². The Hall–Kier alpha value is -2.29. The summed E-state index contributed by atoms with van der Waals surface area (Å²) in [6.45, 7) is 1.91. The van der Waals surface area contributed by atoms with Crippen LogP contribution in [0.4, 0.5) is 5.69 Å². The lowest BCUT2D eigenvalue weighted by atomic mass is 10.0. The molecule has 0 aliphatic carbocycles. The van der Waals surface area contributed by atoms with Gasteiger partial charge in [-0.15, -0.1) is 0 Å². The van der Waals surface area contributed by atoms with E-state index in [0.29, 0.717) is 22.6 Å². The van der Waals surface area contributed by atoms with Gasteiger partial charge in [0.05, 0.1) is 7.11 Å². The van der Waals surface area contributed by atoms with Crippen LogP contribution in [-0.4, -0.2) is 12.9 Å². The highest BCUT2D eigenvalue weighted by Crippen LogP contribution is 2.19. The molecule has 3 nitrogen and oxygen atoms in total. The van der Waals surface area contributed by atoms with Gasteiger partial charge in [-0.25, -0.2) is 0 Å². The van der Waals surface area contributed by atoms with Gasteiger partial charge in [-0.05, 0) is 30.7 Å². The summed E-state index contributed by atoms with van der Waals surface area (Å²) in [6.07, 6.45) is 0. The maximum absolute atomic E-state index is 12.3. The van der Waals surface area contributed by atoms with Crippen molar-refractivity contribution in [1.82, 2.24) is 0 Å². The number of ether oxygens (including phenoxy) is 1. The summed E-state index contributed by atoms with van der Waals surface area (Å²) in [5.74, 6) is 0.613. The second-order valence-corrected chi connectivity index (χ2v) is 4.13. The van der Waals surface area contributed by atoms with Gasteiger partial charge in [-0.2, -0.15) is 0 Å². The molecule has 18 heavy (non-hydrogen) atoms. The average molecular weight is 241 g/mol. The summed E-state index contributed by atoms with van der Waals surface area (Å²) >= 11 is 0. The van der Waals surface area contributed by atoms with Crippen LogP contribution >= 0.6 is 0 Å². The molecule has 0 saturated heterocycles. The predicted octanol–water partition coefficient (Wildman–Crippen LogP) is 2.82. The van der Waals surface area contributed by atoms with Crippen LogP contribution in [0.3, 0.4) is 0 Å². The van der Waals surface area contributed by atoms with E-state index in [1.54, 1.807) is 43.5 Å². The fourth-order valence-corrected chi connectivity index (χ4v) is 1.71. The second-order valence-electron chi connectivity index (χ2n) is 4.13. The molecule has 0 amide bonds. The molecule has 2 aromatic carbocycles. The van der Waals surface area contributed by atoms with E-state index < -0.39 is 0 Å². The van der Waals surface area contributed by atoms with Gasteiger partial charge in [-0.3, -0.25) is 4.79 Å². The highest BCUT2D eigenvalue weighted by Gasteiger charge is 2.10. The van der Waals surface area contributed by atoms with Crippen molar-refractivity contribution >= 4 is 11.5 Å². The van der Waals surface area contributed by atoms with Crippen LogP contribution in [0.1, 0.15) is 21.5 Å². The summed E-state index contributed by atoms with van der Waals surface area (Å²) in [5, 5.41) is 0. The molecule has 2 aromatic rings. The number of aryl methyl sites for hydroxylation is 1. The number of nitrogens with two attached hydrogens (primary N) is 1. The third-order valence-electron chi connectivity index (χ3n) is 2.87. The Balaban J connectivity index is 2.38. The van der Waals surface area contributed by atoms with Crippen LogP contribution < -0.4 is 10.5 Å². The van der Waals surface area contributed by atoms with Crippen molar-refractivity contribution in [2.75, 3.05) is 12.8 Å². The molecule has 0 atom stereocenters. The Kier molecular flexibility index (Phi) is 3.33. The van der Waals surface area contributed by atoms with Crippen molar-refractivity contribution < 1.29 is 9.53 Å². The van der Waals surface area contributed by atoms with Crippen molar-refractivity contribution in [3.05, 3.63) is 59.2 Å². The van der Waals surface area contributed by atoms with E-state index in [-0.39, 0.29) is 5.78 Å². The van der Waals surface area contributed by atoms with Gasteiger partial charge in [0.15, 0.2) is 5.78 Å². The van der Waals surface area contributed by atoms with Gasteiger partial charge >= 0.3 is 0 Å². The van der Waals surface area contributed by atoms with Gasteiger partial charge < -0.3 is 10.5 Å². The predicted molar refractivity (Wildman–Crippen MR) is 72.0 cm³/mol.